The molecule has 1 aromatic rings. The van der Waals surface area contributed by atoms with Crippen molar-refractivity contribution in [2.45, 2.75) is 37.0 Å². The molecule has 1 aliphatic carbocycles. The molecule has 0 radical (unpaired) electrons. The highest BCUT2D eigenvalue weighted by atomic mass is 35.5. The second kappa shape index (κ2) is 6.06. The monoisotopic (exact) mass is 300 g/mol. The highest BCUT2D eigenvalue weighted by Crippen LogP contribution is 2.27. The molecule has 3 nitrogen and oxygen atoms in total. The minimum absolute atomic E-state index is 0.0563. The quantitative estimate of drug-likeness (QED) is 0.857. The molecule has 1 fully saturated rings. The van der Waals surface area contributed by atoms with E-state index in [9.17, 15) is 13.2 Å². The molecule has 1 aromatic carbocycles. The summed E-state index contributed by atoms with van der Waals surface area (Å²) in [5.74, 6) is -0.688. The first-order chi connectivity index (χ1) is 9.00. The molecule has 0 unspecified atom stereocenters. The Hall–Kier alpha value is -0.870. The first-order valence-electron chi connectivity index (χ1n) is 6.51. The molecule has 0 amide bonds. The minimum atomic E-state index is -3.62. The average Bonchev–Trinajstić information content (AvgIpc) is 2.39. The van der Waals surface area contributed by atoms with Crippen molar-refractivity contribution in [1.29, 1.82) is 0 Å². The lowest BCUT2D eigenvalue weighted by molar-refractivity contribution is -0.121. The molecule has 1 saturated carbocycles. The van der Waals surface area contributed by atoms with Gasteiger partial charge in [-0.3, -0.25) is 4.79 Å². The van der Waals surface area contributed by atoms with Crippen LogP contribution in [0.1, 0.15) is 32.1 Å². The third-order valence-corrected chi connectivity index (χ3v) is 5.70. The number of halogens is 1. The van der Waals surface area contributed by atoms with E-state index in [1.807, 2.05) is 0 Å². The molecular formula is C14H17ClO3S. The van der Waals surface area contributed by atoms with Crippen molar-refractivity contribution < 1.29 is 13.2 Å². The Kier molecular flexibility index (Phi) is 4.63. The van der Waals surface area contributed by atoms with Crippen LogP contribution in [0.4, 0.5) is 0 Å². The fraction of sp³-hybridized carbons (Fsp3) is 0.500. The van der Waals surface area contributed by atoms with Crippen molar-refractivity contribution in [3.63, 3.8) is 0 Å². The Morgan fingerprint density at radius 1 is 1.16 bits per heavy atom. The van der Waals surface area contributed by atoms with E-state index in [1.54, 1.807) is 12.1 Å². The number of sulfone groups is 1. The number of benzene rings is 1. The van der Waals surface area contributed by atoms with Crippen LogP contribution in [0.3, 0.4) is 0 Å². The fourth-order valence-corrected chi connectivity index (χ4v) is 4.41. The van der Waals surface area contributed by atoms with Gasteiger partial charge in [0.2, 0.25) is 0 Å². The van der Waals surface area contributed by atoms with Crippen LogP contribution in [0.2, 0.25) is 5.02 Å². The van der Waals surface area contributed by atoms with Gasteiger partial charge in [-0.15, -0.1) is 0 Å². The summed E-state index contributed by atoms with van der Waals surface area (Å²) in [4.78, 5) is 12.1. The molecule has 2 rings (SSSR count). The topological polar surface area (TPSA) is 51.2 Å². The molecule has 5 heteroatoms. The summed E-state index contributed by atoms with van der Waals surface area (Å²) in [5.41, 5.74) is 0. The zero-order valence-electron chi connectivity index (χ0n) is 10.6. The predicted octanol–water partition coefficient (Wildman–Crippen LogP) is 3.26. The average molecular weight is 301 g/mol. The number of hydrogen-bond donors (Lipinski definition) is 0. The molecule has 0 N–H and O–H groups in total. The van der Waals surface area contributed by atoms with Gasteiger partial charge in [-0.2, -0.15) is 0 Å². The lowest BCUT2D eigenvalue weighted by Gasteiger charge is -2.20. The Balaban J connectivity index is 2.13. The zero-order valence-corrected chi connectivity index (χ0v) is 12.2. The highest BCUT2D eigenvalue weighted by molar-refractivity contribution is 7.92. The van der Waals surface area contributed by atoms with Crippen LogP contribution in [-0.4, -0.2) is 20.0 Å². The van der Waals surface area contributed by atoms with Crippen molar-refractivity contribution in [3.8, 4) is 0 Å². The second-order valence-corrected chi connectivity index (χ2v) is 7.36. The summed E-state index contributed by atoms with van der Waals surface area (Å²) >= 11 is 5.89. The number of Topliss-reactive ketones (excluding diaryl/α,β-unsaturated/α-hetero) is 1. The molecule has 0 spiro atoms. The number of carbonyl (C=O) groups is 1. The molecule has 104 valence electrons. The van der Waals surface area contributed by atoms with E-state index in [0.717, 1.165) is 32.1 Å². The second-order valence-electron chi connectivity index (χ2n) is 4.99. The molecule has 0 bridgehead atoms. The van der Waals surface area contributed by atoms with Crippen LogP contribution in [0.5, 0.6) is 0 Å². The fourth-order valence-electron chi connectivity index (χ4n) is 2.50. The summed E-state index contributed by atoms with van der Waals surface area (Å²) in [6.45, 7) is 0. The minimum Gasteiger partial charge on any atom is -0.298 e. The summed E-state index contributed by atoms with van der Waals surface area (Å²) in [7, 11) is -3.62. The maximum atomic E-state index is 12.2. The number of carbonyl (C=O) groups excluding carboxylic acids is 1. The van der Waals surface area contributed by atoms with Gasteiger partial charge in [-0.05, 0) is 25.0 Å². The summed E-state index contributed by atoms with van der Waals surface area (Å²) < 4.78 is 24.4. The molecule has 0 heterocycles. The van der Waals surface area contributed by atoms with Crippen LogP contribution in [0.15, 0.2) is 29.2 Å². The van der Waals surface area contributed by atoms with Crippen LogP contribution in [0, 0.1) is 5.92 Å². The van der Waals surface area contributed by atoms with Gasteiger partial charge >= 0.3 is 0 Å². The number of rotatable bonds is 4. The highest BCUT2D eigenvalue weighted by Gasteiger charge is 2.27. The first-order valence-corrected chi connectivity index (χ1v) is 8.54. The maximum Gasteiger partial charge on any atom is 0.186 e. The SMILES string of the molecule is O=C(CS(=O)(=O)c1ccccc1Cl)C1CCCCC1. The Morgan fingerprint density at radius 2 is 1.79 bits per heavy atom. The van der Waals surface area contributed by atoms with Gasteiger partial charge in [-0.25, -0.2) is 8.42 Å². The van der Waals surface area contributed by atoms with E-state index in [-0.39, 0.29) is 21.6 Å². The number of hydrogen-bond acceptors (Lipinski definition) is 3. The summed E-state index contributed by atoms with van der Waals surface area (Å²) in [6, 6.07) is 6.26. The third-order valence-electron chi connectivity index (χ3n) is 3.56. The van der Waals surface area contributed by atoms with Crippen molar-refractivity contribution in [1.82, 2.24) is 0 Å². The first kappa shape index (κ1) is 14.5. The van der Waals surface area contributed by atoms with Crippen LogP contribution in [0.25, 0.3) is 0 Å². The van der Waals surface area contributed by atoms with Gasteiger partial charge in [0.05, 0.1) is 9.92 Å². The lowest BCUT2D eigenvalue weighted by atomic mass is 9.87. The molecule has 0 atom stereocenters. The van der Waals surface area contributed by atoms with Gasteiger partial charge in [-0.1, -0.05) is 43.0 Å². The van der Waals surface area contributed by atoms with Crippen LogP contribution < -0.4 is 0 Å². The molecule has 0 aliphatic heterocycles. The van der Waals surface area contributed by atoms with E-state index in [4.69, 9.17) is 11.6 Å². The van der Waals surface area contributed by atoms with Crippen LogP contribution in [-0.2, 0) is 14.6 Å². The van der Waals surface area contributed by atoms with Crippen molar-refractivity contribution in [2.75, 3.05) is 5.75 Å². The Labute approximate surface area is 118 Å². The van der Waals surface area contributed by atoms with E-state index in [1.165, 1.54) is 12.1 Å². The zero-order chi connectivity index (χ0) is 13.9. The summed E-state index contributed by atoms with van der Waals surface area (Å²) in [5, 5.41) is 0.180. The van der Waals surface area contributed by atoms with Gasteiger partial charge in [0.15, 0.2) is 15.6 Å². The van der Waals surface area contributed by atoms with Crippen LogP contribution >= 0.6 is 11.6 Å². The molecule has 0 aromatic heterocycles. The summed E-state index contributed by atoms with van der Waals surface area (Å²) in [6.07, 6.45) is 4.81. The number of ketones is 1. The lowest BCUT2D eigenvalue weighted by Crippen LogP contribution is -2.25. The van der Waals surface area contributed by atoms with Gasteiger partial charge in [0, 0.05) is 5.92 Å². The van der Waals surface area contributed by atoms with E-state index >= 15 is 0 Å². The Morgan fingerprint density at radius 3 is 2.42 bits per heavy atom. The standard InChI is InChI=1S/C14H17ClO3S/c15-12-8-4-5-9-14(12)19(17,18)10-13(16)11-6-2-1-3-7-11/h4-5,8-9,11H,1-3,6-7,10H2. The van der Waals surface area contributed by atoms with Gasteiger partial charge in [0.1, 0.15) is 5.75 Å². The molecule has 1 aliphatic rings. The van der Waals surface area contributed by atoms with Crippen molar-refractivity contribution in [2.24, 2.45) is 5.92 Å². The van der Waals surface area contributed by atoms with Gasteiger partial charge in [0.25, 0.3) is 0 Å². The van der Waals surface area contributed by atoms with Crippen molar-refractivity contribution in [3.05, 3.63) is 29.3 Å². The van der Waals surface area contributed by atoms with Crippen molar-refractivity contribution >= 4 is 27.2 Å². The van der Waals surface area contributed by atoms with Gasteiger partial charge < -0.3 is 0 Å². The predicted molar refractivity (Wildman–Crippen MR) is 75.1 cm³/mol. The smallest absolute Gasteiger partial charge is 0.186 e. The van der Waals surface area contributed by atoms with E-state index < -0.39 is 15.6 Å². The maximum absolute atomic E-state index is 12.2. The molecule has 0 saturated heterocycles. The molecule has 19 heavy (non-hydrogen) atoms. The normalized spacial score (nSPS) is 17.3. The third kappa shape index (κ3) is 3.57. The van der Waals surface area contributed by atoms with E-state index in [2.05, 4.69) is 0 Å². The van der Waals surface area contributed by atoms with E-state index in [0.29, 0.717) is 0 Å². The largest absolute Gasteiger partial charge is 0.298 e. The molecular weight excluding hydrogens is 284 g/mol. The Bertz CT molecular complexity index is 560.